The van der Waals surface area contributed by atoms with E-state index in [1.165, 1.54) is 0 Å². The van der Waals surface area contributed by atoms with Crippen molar-refractivity contribution in [2.45, 2.75) is 32.9 Å². The third-order valence-corrected chi connectivity index (χ3v) is 2.33. The van der Waals surface area contributed by atoms with Crippen molar-refractivity contribution >= 4 is 5.91 Å². The molecule has 1 N–H and O–H groups in total. The molecule has 4 nitrogen and oxygen atoms in total. The van der Waals surface area contributed by atoms with E-state index < -0.39 is 0 Å². The van der Waals surface area contributed by atoms with Gasteiger partial charge >= 0.3 is 0 Å². The maximum Gasteiger partial charge on any atom is 0.251 e. The molecule has 100 valence electrons. The highest BCUT2D eigenvalue weighted by atomic mass is 16.5. The van der Waals surface area contributed by atoms with E-state index in [0.29, 0.717) is 12.2 Å². The number of nitrogens with one attached hydrogen (secondary N) is 1. The molecule has 1 aromatic carbocycles. The highest BCUT2D eigenvalue weighted by Crippen LogP contribution is 2.21. The topological polar surface area (TPSA) is 47.6 Å². The Bertz CT molecular complexity index is 422. The first-order valence-electron chi connectivity index (χ1n) is 5.86. The minimum absolute atomic E-state index is 0.0949. The minimum atomic E-state index is -0.252. The van der Waals surface area contributed by atoms with Gasteiger partial charge < -0.3 is 14.8 Å². The summed E-state index contributed by atoms with van der Waals surface area (Å²) >= 11 is 0. The van der Waals surface area contributed by atoms with Crippen LogP contribution < -0.4 is 10.1 Å². The number of carbonyl (C=O) groups is 1. The molecule has 0 aliphatic heterocycles. The van der Waals surface area contributed by atoms with Crippen LogP contribution in [0.5, 0.6) is 5.75 Å². The predicted octanol–water partition coefficient (Wildman–Crippen LogP) is 2.37. The summed E-state index contributed by atoms with van der Waals surface area (Å²) in [7, 11) is 3.21. The number of amides is 1. The summed E-state index contributed by atoms with van der Waals surface area (Å²) in [5, 5.41) is 2.92. The fraction of sp³-hybridized carbons (Fsp3) is 0.500. The largest absolute Gasteiger partial charge is 0.496 e. The van der Waals surface area contributed by atoms with Crippen LogP contribution in [0.4, 0.5) is 0 Å². The molecule has 1 aromatic rings. The second-order valence-electron chi connectivity index (χ2n) is 5.16. The van der Waals surface area contributed by atoms with Crippen LogP contribution in [0.25, 0.3) is 0 Å². The minimum Gasteiger partial charge on any atom is -0.496 e. The van der Waals surface area contributed by atoms with Gasteiger partial charge in [0.2, 0.25) is 0 Å². The number of ether oxygens (including phenoxy) is 2. The van der Waals surface area contributed by atoms with Crippen LogP contribution in [0, 0.1) is 0 Å². The second-order valence-corrected chi connectivity index (χ2v) is 5.16. The quantitative estimate of drug-likeness (QED) is 0.893. The molecule has 0 saturated carbocycles. The van der Waals surface area contributed by atoms with Gasteiger partial charge in [-0.15, -0.1) is 0 Å². The average molecular weight is 251 g/mol. The third kappa shape index (κ3) is 4.04. The lowest BCUT2D eigenvalue weighted by Crippen LogP contribution is -2.40. The number of carbonyl (C=O) groups excluding carboxylic acids is 1. The van der Waals surface area contributed by atoms with Crippen LogP contribution in [-0.4, -0.2) is 25.7 Å². The van der Waals surface area contributed by atoms with Gasteiger partial charge in [-0.25, -0.2) is 0 Å². The fourth-order valence-electron chi connectivity index (χ4n) is 1.60. The summed E-state index contributed by atoms with van der Waals surface area (Å²) in [4.78, 5) is 12.0. The van der Waals surface area contributed by atoms with E-state index in [9.17, 15) is 4.79 Å². The zero-order chi connectivity index (χ0) is 13.8. The van der Waals surface area contributed by atoms with Crippen LogP contribution in [0.2, 0.25) is 0 Å². The number of hydrogen-bond donors (Lipinski definition) is 1. The SMILES string of the molecule is COCc1cc(C(=O)NC(C)(C)C)ccc1OC. The lowest BCUT2D eigenvalue weighted by molar-refractivity contribution is 0.0919. The Morgan fingerprint density at radius 2 is 1.94 bits per heavy atom. The predicted molar refractivity (Wildman–Crippen MR) is 70.9 cm³/mol. The molecule has 0 radical (unpaired) electrons. The molecule has 4 heteroatoms. The van der Waals surface area contributed by atoms with Crippen LogP contribution in [-0.2, 0) is 11.3 Å². The number of rotatable bonds is 4. The summed E-state index contributed by atoms with van der Waals surface area (Å²) in [6.07, 6.45) is 0. The van der Waals surface area contributed by atoms with Crippen molar-refractivity contribution in [1.82, 2.24) is 5.32 Å². The molecule has 1 amide bonds. The monoisotopic (exact) mass is 251 g/mol. The summed E-state index contributed by atoms with van der Waals surface area (Å²) in [6.45, 7) is 6.26. The van der Waals surface area contributed by atoms with Gasteiger partial charge in [0, 0.05) is 23.8 Å². The standard InChI is InChI=1S/C14H21NO3/c1-14(2,3)15-13(16)10-6-7-12(18-5)11(8-10)9-17-4/h6-8H,9H2,1-5H3,(H,15,16). The summed E-state index contributed by atoms with van der Waals surface area (Å²) in [5.41, 5.74) is 1.22. The van der Waals surface area contributed by atoms with Gasteiger partial charge in [0.05, 0.1) is 13.7 Å². The van der Waals surface area contributed by atoms with E-state index in [0.717, 1.165) is 11.3 Å². The molecule has 18 heavy (non-hydrogen) atoms. The first-order valence-corrected chi connectivity index (χ1v) is 5.86. The normalized spacial score (nSPS) is 11.2. The van der Waals surface area contributed by atoms with Gasteiger partial charge in [0.1, 0.15) is 5.75 Å². The van der Waals surface area contributed by atoms with E-state index >= 15 is 0 Å². The van der Waals surface area contributed by atoms with Crippen molar-refractivity contribution in [3.05, 3.63) is 29.3 Å². The van der Waals surface area contributed by atoms with Gasteiger partial charge in [-0.05, 0) is 39.0 Å². The van der Waals surface area contributed by atoms with E-state index in [1.54, 1.807) is 32.4 Å². The number of benzene rings is 1. The zero-order valence-electron chi connectivity index (χ0n) is 11.7. The van der Waals surface area contributed by atoms with Crippen LogP contribution in [0.1, 0.15) is 36.7 Å². The Morgan fingerprint density at radius 1 is 1.28 bits per heavy atom. The molecule has 0 fully saturated rings. The lowest BCUT2D eigenvalue weighted by Gasteiger charge is -2.21. The van der Waals surface area contributed by atoms with Crippen molar-refractivity contribution in [2.75, 3.05) is 14.2 Å². The molecular weight excluding hydrogens is 230 g/mol. The molecule has 0 spiro atoms. The molecule has 0 aromatic heterocycles. The Kier molecular flexibility index (Phi) is 4.73. The summed E-state index contributed by atoms with van der Waals surface area (Å²) in [5.74, 6) is 0.631. The fourth-order valence-corrected chi connectivity index (χ4v) is 1.60. The third-order valence-electron chi connectivity index (χ3n) is 2.33. The Hall–Kier alpha value is -1.55. The van der Waals surface area contributed by atoms with E-state index in [4.69, 9.17) is 9.47 Å². The number of hydrogen-bond acceptors (Lipinski definition) is 3. The molecule has 0 atom stereocenters. The van der Waals surface area contributed by atoms with E-state index in [1.807, 2.05) is 20.8 Å². The average Bonchev–Trinajstić information content (AvgIpc) is 2.27. The molecule has 0 unspecified atom stereocenters. The zero-order valence-corrected chi connectivity index (χ0v) is 11.7. The van der Waals surface area contributed by atoms with Gasteiger partial charge in [-0.1, -0.05) is 0 Å². The Labute approximate surface area is 108 Å². The Balaban J connectivity index is 2.97. The smallest absolute Gasteiger partial charge is 0.251 e. The van der Waals surface area contributed by atoms with Crippen molar-refractivity contribution in [3.8, 4) is 5.75 Å². The summed E-state index contributed by atoms with van der Waals surface area (Å²) < 4.78 is 10.3. The molecule has 0 saturated heterocycles. The van der Waals surface area contributed by atoms with Crippen LogP contribution in [0.3, 0.4) is 0 Å². The second kappa shape index (κ2) is 5.87. The lowest BCUT2D eigenvalue weighted by atomic mass is 10.1. The molecule has 0 aliphatic carbocycles. The van der Waals surface area contributed by atoms with E-state index in [2.05, 4.69) is 5.32 Å². The van der Waals surface area contributed by atoms with Crippen LogP contribution >= 0.6 is 0 Å². The maximum absolute atomic E-state index is 12.0. The summed E-state index contributed by atoms with van der Waals surface area (Å²) in [6, 6.07) is 5.33. The van der Waals surface area contributed by atoms with Gasteiger partial charge in [-0.2, -0.15) is 0 Å². The molecular formula is C14H21NO3. The van der Waals surface area contributed by atoms with Gasteiger partial charge in [0.25, 0.3) is 5.91 Å². The Morgan fingerprint density at radius 3 is 2.44 bits per heavy atom. The highest BCUT2D eigenvalue weighted by Gasteiger charge is 2.16. The molecule has 1 rings (SSSR count). The van der Waals surface area contributed by atoms with Gasteiger partial charge in [0.15, 0.2) is 0 Å². The van der Waals surface area contributed by atoms with E-state index in [-0.39, 0.29) is 11.4 Å². The first kappa shape index (κ1) is 14.5. The van der Waals surface area contributed by atoms with Gasteiger partial charge in [-0.3, -0.25) is 4.79 Å². The first-order chi connectivity index (χ1) is 8.37. The molecule has 0 bridgehead atoms. The molecule has 0 heterocycles. The van der Waals surface area contributed by atoms with Crippen molar-refractivity contribution in [3.63, 3.8) is 0 Å². The van der Waals surface area contributed by atoms with Crippen molar-refractivity contribution in [1.29, 1.82) is 0 Å². The molecule has 0 aliphatic rings. The maximum atomic E-state index is 12.0. The highest BCUT2D eigenvalue weighted by molar-refractivity contribution is 5.95. The van der Waals surface area contributed by atoms with Crippen molar-refractivity contribution < 1.29 is 14.3 Å². The van der Waals surface area contributed by atoms with Crippen molar-refractivity contribution in [2.24, 2.45) is 0 Å². The van der Waals surface area contributed by atoms with Crippen LogP contribution in [0.15, 0.2) is 18.2 Å². The number of methoxy groups -OCH3 is 2.